The van der Waals surface area contributed by atoms with Crippen LogP contribution in [0.4, 0.5) is 4.79 Å². The first-order valence-electron chi connectivity index (χ1n) is 8.04. The monoisotopic (exact) mass is 317 g/mol. The van der Waals surface area contributed by atoms with Crippen molar-refractivity contribution >= 4 is 6.09 Å². The van der Waals surface area contributed by atoms with Crippen molar-refractivity contribution in [2.75, 3.05) is 32.8 Å². The molecule has 22 heavy (non-hydrogen) atoms. The van der Waals surface area contributed by atoms with Crippen molar-refractivity contribution in [1.82, 2.24) is 10.6 Å². The second kappa shape index (κ2) is 9.99. The van der Waals surface area contributed by atoms with Gasteiger partial charge >= 0.3 is 6.09 Å². The molecule has 0 aliphatic carbocycles. The molecule has 1 heterocycles. The van der Waals surface area contributed by atoms with E-state index >= 15 is 0 Å². The maximum Gasteiger partial charge on any atom is 0.407 e. The molecule has 2 atom stereocenters. The summed E-state index contributed by atoms with van der Waals surface area (Å²) >= 11 is 0. The number of amides is 1. The Kier molecular flexibility index (Phi) is 8.70. The van der Waals surface area contributed by atoms with Crippen molar-refractivity contribution < 1.29 is 19.0 Å². The Bertz CT molecular complexity index is 314. The average molecular weight is 317 g/mol. The van der Waals surface area contributed by atoms with Gasteiger partial charge in [-0.2, -0.15) is 0 Å². The topological polar surface area (TPSA) is 94.8 Å². The number of alkyl carbamates (subject to hydrolysis) is 1. The molecule has 0 aromatic heterocycles. The molecular weight excluding hydrogens is 286 g/mol. The minimum atomic E-state index is -0.521. The van der Waals surface area contributed by atoms with Gasteiger partial charge in [-0.1, -0.05) is 0 Å². The summed E-state index contributed by atoms with van der Waals surface area (Å²) in [7, 11) is 0. The summed E-state index contributed by atoms with van der Waals surface area (Å²) in [5.74, 6) is 0. The zero-order chi connectivity index (χ0) is 16.4. The van der Waals surface area contributed by atoms with E-state index in [4.69, 9.17) is 19.9 Å². The van der Waals surface area contributed by atoms with E-state index in [1.54, 1.807) is 0 Å². The summed E-state index contributed by atoms with van der Waals surface area (Å²) in [6.45, 7) is 8.42. The second-order valence-corrected chi connectivity index (χ2v) is 6.47. The molecule has 1 fully saturated rings. The highest BCUT2D eigenvalue weighted by molar-refractivity contribution is 5.68. The molecule has 1 aliphatic rings. The number of nitrogens with one attached hydrogen (secondary N) is 2. The Hall–Kier alpha value is -0.890. The van der Waals surface area contributed by atoms with Gasteiger partial charge in [0.05, 0.1) is 12.6 Å². The van der Waals surface area contributed by atoms with Crippen LogP contribution in [-0.2, 0) is 14.2 Å². The summed E-state index contributed by atoms with van der Waals surface area (Å²) in [6, 6.07) is -0.188. The van der Waals surface area contributed by atoms with Crippen LogP contribution in [0.25, 0.3) is 0 Å². The molecule has 0 radical (unpaired) electrons. The van der Waals surface area contributed by atoms with E-state index in [1.807, 2.05) is 20.8 Å². The minimum Gasteiger partial charge on any atom is -0.444 e. The summed E-state index contributed by atoms with van der Waals surface area (Å²) in [6.07, 6.45) is 2.47. The van der Waals surface area contributed by atoms with Crippen molar-refractivity contribution in [3.8, 4) is 0 Å². The standard InChI is InChI=1S/C15H31N3O4/c1-15(2,3)22-14(19)18-12(10-17-8-7-16)11-21-13-6-4-5-9-20-13/h12-13,17H,4-11,16H2,1-3H3,(H,18,19)/t12-,13?/m1/s1. The molecule has 4 N–H and O–H groups in total. The average Bonchev–Trinajstić information content (AvgIpc) is 2.44. The Labute approximate surface area is 133 Å². The molecule has 0 saturated carbocycles. The molecule has 1 amide bonds. The van der Waals surface area contributed by atoms with Crippen molar-refractivity contribution in [1.29, 1.82) is 0 Å². The summed E-state index contributed by atoms with van der Waals surface area (Å²) < 4.78 is 16.6. The minimum absolute atomic E-state index is 0.175. The lowest BCUT2D eigenvalue weighted by atomic mass is 10.2. The number of ether oxygens (including phenoxy) is 3. The lowest BCUT2D eigenvalue weighted by Crippen LogP contribution is -2.48. The third-order valence-corrected chi connectivity index (χ3v) is 3.05. The first-order valence-corrected chi connectivity index (χ1v) is 8.04. The number of carbonyl (C=O) groups excluding carboxylic acids is 1. The SMILES string of the molecule is CC(C)(C)OC(=O)N[C@H](CNCCN)COC1CCCCO1. The Morgan fingerprint density at radius 3 is 2.77 bits per heavy atom. The third kappa shape index (κ3) is 9.19. The lowest BCUT2D eigenvalue weighted by molar-refractivity contribution is -0.165. The van der Waals surface area contributed by atoms with Gasteiger partial charge in [0.15, 0.2) is 6.29 Å². The van der Waals surface area contributed by atoms with E-state index in [0.717, 1.165) is 25.9 Å². The van der Waals surface area contributed by atoms with Crippen molar-refractivity contribution in [3.63, 3.8) is 0 Å². The molecule has 7 nitrogen and oxygen atoms in total. The Morgan fingerprint density at radius 2 is 2.18 bits per heavy atom. The summed E-state index contributed by atoms with van der Waals surface area (Å²) in [5.41, 5.74) is 4.94. The smallest absolute Gasteiger partial charge is 0.407 e. The van der Waals surface area contributed by atoms with Gasteiger partial charge in [-0.25, -0.2) is 4.79 Å². The van der Waals surface area contributed by atoms with Gasteiger partial charge in [-0.15, -0.1) is 0 Å². The van der Waals surface area contributed by atoms with Gasteiger partial charge in [0, 0.05) is 26.2 Å². The molecule has 1 saturated heterocycles. The van der Waals surface area contributed by atoms with Gasteiger partial charge in [0.1, 0.15) is 5.60 Å². The Balaban J connectivity index is 2.38. The highest BCUT2D eigenvalue weighted by Crippen LogP contribution is 2.14. The lowest BCUT2D eigenvalue weighted by Gasteiger charge is -2.27. The van der Waals surface area contributed by atoms with Gasteiger partial charge in [-0.05, 0) is 40.0 Å². The van der Waals surface area contributed by atoms with Crippen molar-refractivity contribution in [2.24, 2.45) is 5.73 Å². The number of hydrogen-bond acceptors (Lipinski definition) is 6. The van der Waals surface area contributed by atoms with Crippen LogP contribution in [0, 0.1) is 0 Å². The predicted octanol–water partition coefficient (Wildman–Crippen LogP) is 0.971. The molecule has 0 aromatic rings. The van der Waals surface area contributed by atoms with Crippen LogP contribution in [0.15, 0.2) is 0 Å². The summed E-state index contributed by atoms with van der Waals surface area (Å²) in [5, 5.41) is 6.00. The van der Waals surface area contributed by atoms with Crippen LogP contribution in [0.5, 0.6) is 0 Å². The Morgan fingerprint density at radius 1 is 1.41 bits per heavy atom. The van der Waals surface area contributed by atoms with E-state index in [2.05, 4.69) is 10.6 Å². The highest BCUT2D eigenvalue weighted by atomic mass is 16.7. The third-order valence-electron chi connectivity index (χ3n) is 3.05. The van der Waals surface area contributed by atoms with E-state index in [1.165, 1.54) is 0 Å². The van der Waals surface area contributed by atoms with Gasteiger partial charge in [0.2, 0.25) is 0 Å². The molecule has 130 valence electrons. The van der Waals surface area contributed by atoms with Crippen molar-refractivity contribution in [3.05, 3.63) is 0 Å². The molecule has 0 spiro atoms. The van der Waals surface area contributed by atoms with E-state index in [0.29, 0.717) is 26.2 Å². The number of hydrogen-bond donors (Lipinski definition) is 3. The molecular formula is C15H31N3O4. The van der Waals surface area contributed by atoms with Crippen LogP contribution in [0.1, 0.15) is 40.0 Å². The maximum atomic E-state index is 11.9. The quantitative estimate of drug-likeness (QED) is 0.578. The number of carbonyl (C=O) groups is 1. The van der Waals surface area contributed by atoms with Crippen molar-refractivity contribution in [2.45, 2.75) is 58.0 Å². The maximum absolute atomic E-state index is 11.9. The van der Waals surface area contributed by atoms with Gasteiger partial charge in [0.25, 0.3) is 0 Å². The first-order chi connectivity index (χ1) is 10.4. The van der Waals surface area contributed by atoms with Crippen LogP contribution in [0.3, 0.4) is 0 Å². The zero-order valence-electron chi connectivity index (χ0n) is 14.0. The summed E-state index contributed by atoms with van der Waals surface area (Å²) in [4.78, 5) is 11.9. The molecule has 7 heteroatoms. The van der Waals surface area contributed by atoms with E-state index in [9.17, 15) is 4.79 Å². The fraction of sp³-hybridized carbons (Fsp3) is 0.933. The normalized spacial score (nSPS) is 20.5. The van der Waals surface area contributed by atoms with Gasteiger partial charge in [-0.3, -0.25) is 0 Å². The second-order valence-electron chi connectivity index (χ2n) is 6.47. The van der Waals surface area contributed by atoms with E-state index < -0.39 is 11.7 Å². The molecule has 0 bridgehead atoms. The highest BCUT2D eigenvalue weighted by Gasteiger charge is 2.21. The molecule has 1 aliphatic heterocycles. The molecule has 1 unspecified atom stereocenters. The van der Waals surface area contributed by atoms with Crippen LogP contribution >= 0.6 is 0 Å². The van der Waals surface area contributed by atoms with Crippen LogP contribution in [-0.4, -0.2) is 56.9 Å². The number of rotatable bonds is 8. The largest absolute Gasteiger partial charge is 0.444 e. The van der Waals surface area contributed by atoms with Crippen LogP contribution in [0.2, 0.25) is 0 Å². The zero-order valence-corrected chi connectivity index (χ0v) is 14.0. The van der Waals surface area contributed by atoms with Crippen LogP contribution < -0.4 is 16.4 Å². The predicted molar refractivity (Wildman–Crippen MR) is 84.6 cm³/mol. The van der Waals surface area contributed by atoms with Gasteiger partial charge < -0.3 is 30.6 Å². The van der Waals surface area contributed by atoms with E-state index in [-0.39, 0.29) is 12.3 Å². The number of nitrogens with two attached hydrogens (primary N) is 1. The molecule has 0 aromatic carbocycles. The molecule has 1 rings (SSSR count). The fourth-order valence-corrected chi connectivity index (χ4v) is 2.07. The fourth-order valence-electron chi connectivity index (χ4n) is 2.07. The first kappa shape index (κ1) is 19.2.